The fourth-order valence-corrected chi connectivity index (χ4v) is 3.08. The van der Waals surface area contributed by atoms with Crippen molar-refractivity contribution in [2.75, 3.05) is 15.5 Å². The molecule has 26 heavy (non-hydrogen) atoms. The topological polar surface area (TPSA) is 61.4 Å². The van der Waals surface area contributed by atoms with Crippen LogP contribution in [0.15, 0.2) is 42.5 Å². The second-order valence-corrected chi connectivity index (χ2v) is 6.81. The van der Waals surface area contributed by atoms with Crippen molar-refractivity contribution in [3.8, 4) is 0 Å². The summed E-state index contributed by atoms with van der Waals surface area (Å²) < 4.78 is 0. The molecule has 134 valence electrons. The normalized spacial score (nSPS) is 14.3. The van der Waals surface area contributed by atoms with Gasteiger partial charge in [0.05, 0.1) is 5.69 Å². The summed E-state index contributed by atoms with van der Waals surface area (Å²) in [5.41, 5.74) is 4.72. The van der Waals surface area contributed by atoms with Gasteiger partial charge < -0.3 is 10.6 Å². The number of aryl methyl sites for hydroxylation is 2. The molecule has 2 aromatic rings. The summed E-state index contributed by atoms with van der Waals surface area (Å²) in [5.74, 6) is -0.289. The van der Waals surface area contributed by atoms with Gasteiger partial charge in [0.2, 0.25) is 11.8 Å². The number of hydrogen-bond acceptors (Lipinski definition) is 3. The molecule has 1 aliphatic heterocycles. The third-order valence-corrected chi connectivity index (χ3v) is 4.63. The lowest BCUT2D eigenvalue weighted by Crippen LogP contribution is -2.40. The molecule has 0 saturated carbocycles. The minimum Gasteiger partial charge on any atom is -0.332 e. The predicted octanol–water partition coefficient (Wildman–Crippen LogP) is 4.16. The lowest BCUT2D eigenvalue weighted by Gasteiger charge is -2.25. The standard InChI is InChI=1S/C20H21N3O2S/c1-13-6-7-16(12-14(13)2)22-20(26)21-15-8-10-17(11-9-15)23-18(24)4-3-5-19(23)25/h6-12H,3-5H2,1-2H3,(H2,21,22,26). The molecular weight excluding hydrogens is 346 g/mol. The number of nitrogens with zero attached hydrogens (tertiary/aromatic N) is 1. The van der Waals surface area contributed by atoms with E-state index in [1.54, 1.807) is 24.3 Å². The number of nitrogens with one attached hydrogen (secondary N) is 2. The molecule has 0 atom stereocenters. The number of anilines is 3. The first kappa shape index (κ1) is 18.1. The molecule has 1 fully saturated rings. The summed E-state index contributed by atoms with van der Waals surface area (Å²) in [5, 5.41) is 6.74. The molecule has 6 heteroatoms. The second-order valence-electron chi connectivity index (χ2n) is 6.40. The minimum absolute atomic E-state index is 0.145. The van der Waals surface area contributed by atoms with Crippen molar-refractivity contribution in [1.29, 1.82) is 0 Å². The maximum Gasteiger partial charge on any atom is 0.233 e. The summed E-state index contributed by atoms with van der Waals surface area (Å²) in [6.45, 7) is 4.12. The monoisotopic (exact) mass is 367 g/mol. The SMILES string of the molecule is Cc1ccc(NC(=S)Nc2ccc(N3C(=O)CCCC3=O)cc2)cc1C. The fraction of sp³-hybridized carbons (Fsp3) is 0.250. The van der Waals surface area contributed by atoms with Gasteiger partial charge in [-0.2, -0.15) is 0 Å². The van der Waals surface area contributed by atoms with Gasteiger partial charge in [0, 0.05) is 24.2 Å². The largest absolute Gasteiger partial charge is 0.332 e. The van der Waals surface area contributed by atoms with Crippen molar-refractivity contribution in [3.63, 3.8) is 0 Å². The summed E-state index contributed by atoms with van der Waals surface area (Å²) in [6, 6.07) is 13.2. The van der Waals surface area contributed by atoms with E-state index in [0.29, 0.717) is 30.1 Å². The van der Waals surface area contributed by atoms with E-state index in [2.05, 4.69) is 24.5 Å². The zero-order valence-electron chi connectivity index (χ0n) is 14.8. The number of rotatable bonds is 3. The van der Waals surface area contributed by atoms with E-state index in [4.69, 9.17) is 12.2 Å². The van der Waals surface area contributed by atoms with Crippen LogP contribution < -0.4 is 15.5 Å². The Morgan fingerprint density at radius 3 is 2.08 bits per heavy atom. The van der Waals surface area contributed by atoms with Gasteiger partial charge >= 0.3 is 0 Å². The lowest BCUT2D eigenvalue weighted by molar-refractivity contribution is -0.129. The Morgan fingerprint density at radius 2 is 1.46 bits per heavy atom. The summed E-state index contributed by atoms with van der Waals surface area (Å²) in [7, 11) is 0. The van der Waals surface area contributed by atoms with Crippen molar-refractivity contribution < 1.29 is 9.59 Å². The number of carbonyl (C=O) groups excluding carboxylic acids is 2. The molecule has 0 aliphatic carbocycles. The van der Waals surface area contributed by atoms with Crippen LogP contribution in [0.3, 0.4) is 0 Å². The van der Waals surface area contributed by atoms with Crippen LogP contribution in [0.4, 0.5) is 17.1 Å². The Balaban J connectivity index is 1.65. The second kappa shape index (κ2) is 7.66. The highest BCUT2D eigenvalue weighted by molar-refractivity contribution is 7.80. The average Bonchev–Trinajstić information content (AvgIpc) is 2.59. The van der Waals surface area contributed by atoms with Crippen molar-refractivity contribution in [3.05, 3.63) is 53.6 Å². The summed E-state index contributed by atoms with van der Waals surface area (Å²) in [4.78, 5) is 25.2. The third-order valence-electron chi connectivity index (χ3n) is 4.43. The summed E-state index contributed by atoms with van der Waals surface area (Å²) in [6.07, 6.45) is 1.46. The molecule has 5 nitrogen and oxygen atoms in total. The molecule has 0 unspecified atom stereocenters. The predicted molar refractivity (Wildman–Crippen MR) is 109 cm³/mol. The van der Waals surface area contributed by atoms with Gasteiger partial charge in [0.15, 0.2) is 5.11 Å². The van der Waals surface area contributed by atoms with Crippen LogP contribution in [0.1, 0.15) is 30.4 Å². The first-order valence-corrected chi connectivity index (χ1v) is 8.96. The molecule has 1 heterocycles. The van der Waals surface area contributed by atoms with E-state index in [0.717, 1.165) is 11.4 Å². The molecular formula is C20H21N3O2S. The molecule has 2 amide bonds. The Morgan fingerprint density at radius 1 is 0.885 bits per heavy atom. The van der Waals surface area contributed by atoms with Crippen molar-refractivity contribution in [2.45, 2.75) is 33.1 Å². The van der Waals surface area contributed by atoms with E-state index >= 15 is 0 Å². The van der Waals surface area contributed by atoms with Crippen LogP contribution >= 0.6 is 12.2 Å². The third kappa shape index (κ3) is 4.08. The first-order chi connectivity index (χ1) is 12.4. The number of hydrogen-bond donors (Lipinski definition) is 2. The fourth-order valence-electron chi connectivity index (χ4n) is 2.85. The van der Waals surface area contributed by atoms with E-state index in [-0.39, 0.29) is 11.8 Å². The highest BCUT2D eigenvalue weighted by Crippen LogP contribution is 2.24. The van der Waals surface area contributed by atoms with Crippen LogP contribution in [0.2, 0.25) is 0 Å². The summed E-state index contributed by atoms with van der Waals surface area (Å²) >= 11 is 5.35. The molecule has 0 bridgehead atoms. The molecule has 3 rings (SSSR count). The van der Waals surface area contributed by atoms with Gasteiger partial charge in [0.1, 0.15) is 0 Å². The van der Waals surface area contributed by atoms with Crippen molar-refractivity contribution >= 4 is 46.2 Å². The van der Waals surface area contributed by atoms with E-state index in [1.165, 1.54) is 16.0 Å². The van der Waals surface area contributed by atoms with Crippen LogP contribution in [-0.4, -0.2) is 16.9 Å². The molecule has 1 aliphatic rings. The van der Waals surface area contributed by atoms with Crippen LogP contribution in [0, 0.1) is 13.8 Å². The highest BCUT2D eigenvalue weighted by atomic mass is 32.1. The number of imide groups is 1. The van der Waals surface area contributed by atoms with E-state index in [1.807, 2.05) is 18.2 Å². The van der Waals surface area contributed by atoms with E-state index < -0.39 is 0 Å². The molecule has 1 saturated heterocycles. The van der Waals surface area contributed by atoms with Crippen molar-refractivity contribution in [1.82, 2.24) is 0 Å². The van der Waals surface area contributed by atoms with Gasteiger partial charge in [0.25, 0.3) is 0 Å². The van der Waals surface area contributed by atoms with Crippen molar-refractivity contribution in [2.24, 2.45) is 0 Å². The number of thiocarbonyl (C=S) groups is 1. The number of amides is 2. The van der Waals surface area contributed by atoms with Gasteiger partial charge in [-0.1, -0.05) is 6.07 Å². The highest BCUT2D eigenvalue weighted by Gasteiger charge is 2.27. The Hall–Kier alpha value is -2.73. The number of piperidine rings is 1. The van der Waals surface area contributed by atoms with E-state index in [9.17, 15) is 9.59 Å². The quantitative estimate of drug-likeness (QED) is 0.630. The molecule has 0 spiro atoms. The molecule has 0 radical (unpaired) electrons. The van der Waals surface area contributed by atoms with Gasteiger partial charge in [-0.3, -0.25) is 14.5 Å². The zero-order valence-corrected chi connectivity index (χ0v) is 15.7. The Labute approximate surface area is 158 Å². The van der Waals surface area contributed by atoms with Gasteiger partial charge in [-0.05, 0) is 80.0 Å². The Kier molecular flexibility index (Phi) is 5.32. The smallest absolute Gasteiger partial charge is 0.233 e. The maximum absolute atomic E-state index is 12.0. The maximum atomic E-state index is 12.0. The van der Waals surface area contributed by atoms with Crippen LogP contribution in [0.5, 0.6) is 0 Å². The van der Waals surface area contributed by atoms with Gasteiger partial charge in [-0.15, -0.1) is 0 Å². The average molecular weight is 367 g/mol. The van der Waals surface area contributed by atoms with Crippen LogP contribution in [0.25, 0.3) is 0 Å². The molecule has 2 N–H and O–H groups in total. The first-order valence-electron chi connectivity index (χ1n) is 8.55. The Bertz CT molecular complexity index is 846. The lowest BCUT2D eigenvalue weighted by atomic mass is 10.1. The van der Waals surface area contributed by atoms with Crippen LogP contribution in [-0.2, 0) is 9.59 Å². The minimum atomic E-state index is -0.145. The molecule has 0 aromatic heterocycles. The molecule has 2 aromatic carbocycles. The number of carbonyl (C=O) groups is 2. The van der Waals surface area contributed by atoms with Gasteiger partial charge in [-0.25, -0.2) is 0 Å². The number of benzene rings is 2. The zero-order chi connectivity index (χ0) is 18.7.